The molecule has 0 aliphatic carbocycles. The number of hydrogen-bond donors (Lipinski definition) is 2. The van der Waals surface area contributed by atoms with Crippen molar-refractivity contribution in [3.63, 3.8) is 0 Å². The van der Waals surface area contributed by atoms with E-state index in [-0.39, 0.29) is 6.61 Å². The third kappa shape index (κ3) is 2.65. The normalized spacial score (nSPS) is 13.1. The van der Waals surface area contributed by atoms with Crippen molar-refractivity contribution in [1.29, 1.82) is 0 Å². The van der Waals surface area contributed by atoms with Crippen LogP contribution in [-0.4, -0.2) is 27.1 Å². The second-order valence-corrected chi connectivity index (χ2v) is 4.37. The molecule has 0 aliphatic rings. The van der Waals surface area contributed by atoms with Crippen LogP contribution in [0.1, 0.15) is 24.7 Å². The van der Waals surface area contributed by atoms with Crippen LogP contribution in [0.3, 0.4) is 0 Å². The van der Waals surface area contributed by atoms with Gasteiger partial charge in [0.25, 0.3) is 0 Å². The summed E-state index contributed by atoms with van der Waals surface area (Å²) in [6.07, 6.45) is 2.80. The average Bonchev–Trinajstić information content (AvgIpc) is 2.62. The molecule has 0 aromatic carbocycles. The van der Waals surface area contributed by atoms with Gasteiger partial charge in [0.1, 0.15) is 5.65 Å². The quantitative estimate of drug-likeness (QED) is 0.823. The first-order valence-electron chi connectivity index (χ1n) is 5.99. The maximum absolute atomic E-state index is 8.86. The van der Waals surface area contributed by atoms with Gasteiger partial charge in [0.05, 0.1) is 11.4 Å². The molecule has 17 heavy (non-hydrogen) atoms. The molecule has 4 heteroatoms. The van der Waals surface area contributed by atoms with Gasteiger partial charge in [-0.15, -0.1) is 0 Å². The summed E-state index contributed by atoms with van der Waals surface area (Å²) >= 11 is 0. The van der Waals surface area contributed by atoms with Crippen LogP contribution >= 0.6 is 0 Å². The van der Waals surface area contributed by atoms with E-state index in [4.69, 9.17) is 5.11 Å². The number of aliphatic hydroxyl groups is 1. The Bertz CT molecular complexity index is 492. The lowest BCUT2D eigenvalue weighted by atomic mass is 10.2. The summed E-state index contributed by atoms with van der Waals surface area (Å²) in [4.78, 5) is 4.51. The predicted molar refractivity (Wildman–Crippen MR) is 67.9 cm³/mol. The topological polar surface area (TPSA) is 49.6 Å². The third-order valence-electron chi connectivity index (χ3n) is 3.01. The number of aromatic nitrogens is 2. The van der Waals surface area contributed by atoms with Crippen LogP contribution in [-0.2, 0) is 6.54 Å². The Balaban J connectivity index is 2.15. The summed E-state index contributed by atoms with van der Waals surface area (Å²) in [5, 5.41) is 12.3. The van der Waals surface area contributed by atoms with E-state index in [0.717, 1.165) is 24.3 Å². The second-order valence-electron chi connectivity index (χ2n) is 4.37. The fraction of sp³-hybridized carbons (Fsp3) is 0.462. The molecule has 0 amide bonds. The average molecular weight is 233 g/mol. The molecule has 2 aromatic heterocycles. The van der Waals surface area contributed by atoms with Crippen molar-refractivity contribution in [2.24, 2.45) is 0 Å². The fourth-order valence-corrected chi connectivity index (χ4v) is 1.94. The summed E-state index contributed by atoms with van der Waals surface area (Å²) in [6, 6.07) is 6.32. The van der Waals surface area contributed by atoms with Gasteiger partial charge in [-0.1, -0.05) is 6.07 Å². The molecule has 2 heterocycles. The summed E-state index contributed by atoms with van der Waals surface area (Å²) in [7, 11) is 0. The molecule has 0 spiro atoms. The second kappa shape index (κ2) is 5.29. The Morgan fingerprint density at radius 1 is 1.47 bits per heavy atom. The van der Waals surface area contributed by atoms with Crippen LogP contribution in [0, 0.1) is 6.92 Å². The zero-order valence-electron chi connectivity index (χ0n) is 10.3. The lowest BCUT2D eigenvalue weighted by Gasteiger charge is -2.12. The summed E-state index contributed by atoms with van der Waals surface area (Å²) in [6.45, 7) is 5.11. The Morgan fingerprint density at radius 2 is 2.29 bits per heavy atom. The SMILES string of the molecule is Cc1nc2ccccn2c1CNC(C)CCO. The van der Waals surface area contributed by atoms with Gasteiger partial charge in [0.15, 0.2) is 0 Å². The maximum atomic E-state index is 8.86. The van der Waals surface area contributed by atoms with Gasteiger partial charge in [-0.3, -0.25) is 0 Å². The Hall–Kier alpha value is -1.39. The monoisotopic (exact) mass is 233 g/mol. The van der Waals surface area contributed by atoms with Crippen LogP contribution in [0.4, 0.5) is 0 Å². The van der Waals surface area contributed by atoms with Crippen LogP contribution in [0.5, 0.6) is 0 Å². The first kappa shape index (κ1) is 12.1. The Kier molecular flexibility index (Phi) is 3.76. The van der Waals surface area contributed by atoms with Crippen molar-refractivity contribution >= 4 is 5.65 Å². The van der Waals surface area contributed by atoms with Crippen LogP contribution in [0.25, 0.3) is 5.65 Å². The zero-order valence-corrected chi connectivity index (χ0v) is 10.3. The highest BCUT2D eigenvalue weighted by Gasteiger charge is 2.08. The largest absolute Gasteiger partial charge is 0.396 e. The van der Waals surface area contributed by atoms with Gasteiger partial charge in [-0.2, -0.15) is 0 Å². The molecular weight excluding hydrogens is 214 g/mol. The number of aryl methyl sites for hydroxylation is 1. The minimum absolute atomic E-state index is 0.223. The van der Waals surface area contributed by atoms with Crippen molar-refractivity contribution in [1.82, 2.24) is 14.7 Å². The standard InChI is InChI=1S/C13H19N3O/c1-10(6-8-17)14-9-12-11(2)15-13-5-3-4-7-16(12)13/h3-5,7,10,14,17H,6,8-9H2,1-2H3. The van der Waals surface area contributed by atoms with Gasteiger partial charge in [-0.25, -0.2) is 4.98 Å². The summed E-state index contributed by atoms with van der Waals surface area (Å²) < 4.78 is 2.11. The molecule has 1 unspecified atom stereocenters. The van der Waals surface area contributed by atoms with Crippen LogP contribution < -0.4 is 5.32 Å². The molecule has 0 bridgehead atoms. The molecule has 4 nitrogen and oxygen atoms in total. The lowest BCUT2D eigenvalue weighted by molar-refractivity contribution is 0.268. The van der Waals surface area contributed by atoms with E-state index >= 15 is 0 Å². The minimum atomic E-state index is 0.223. The Labute approximate surface area is 101 Å². The number of imidazole rings is 1. The molecule has 2 rings (SSSR count). The van der Waals surface area contributed by atoms with E-state index in [1.54, 1.807) is 0 Å². The molecule has 2 N–H and O–H groups in total. The van der Waals surface area contributed by atoms with Crippen molar-refractivity contribution in [2.45, 2.75) is 32.9 Å². The number of hydrogen-bond acceptors (Lipinski definition) is 3. The number of pyridine rings is 1. The van der Waals surface area contributed by atoms with Gasteiger partial charge in [0, 0.05) is 25.4 Å². The molecule has 0 saturated heterocycles. The minimum Gasteiger partial charge on any atom is -0.396 e. The number of nitrogens with one attached hydrogen (secondary N) is 1. The summed E-state index contributed by atoms with van der Waals surface area (Å²) in [5.41, 5.74) is 3.22. The van der Waals surface area contributed by atoms with Crippen molar-refractivity contribution < 1.29 is 5.11 Å². The van der Waals surface area contributed by atoms with Gasteiger partial charge in [0.2, 0.25) is 0 Å². The van der Waals surface area contributed by atoms with Gasteiger partial charge >= 0.3 is 0 Å². The smallest absolute Gasteiger partial charge is 0.137 e. The van der Waals surface area contributed by atoms with E-state index in [2.05, 4.69) is 21.6 Å². The van der Waals surface area contributed by atoms with E-state index in [1.807, 2.05) is 31.3 Å². The highest BCUT2D eigenvalue weighted by molar-refractivity contribution is 5.42. The van der Waals surface area contributed by atoms with Crippen LogP contribution in [0.2, 0.25) is 0 Å². The molecule has 0 saturated carbocycles. The number of fused-ring (bicyclic) bond motifs is 1. The van der Waals surface area contributed by atoms with E-state index < -0.39 is 0 Å². The van der Waals surface area contributed by atoms with Crippen LogP contribution in [0.15, 0.2) is 24.4 Å². The highest BCUT2D eigenvalue weighted by atomic mass is 16.3. The third-order valence-corrected chi connectivity index (χ3v) is 3.01. The Morgan fingerprint density at radius 3 is 3.06 bits per heavy atom. The van der Waals surface area contributed by atoms with Gasteiger partial charge in [-0.05, 0) is 32.4 Å². The first-order valence-corrected chi connectivity index (χ1v) is 5.99. The highest BCUT2D eigenvalue weighted by Crippen LogP contribution is 2.11. The number of aliphatic hydroxyl groups excluding tert-OH is 1. The molecule has 92 valence electrons. The molecule has 0 fully saturated rings. The zero-order chi connectivity index (χ0) is 12.3. The number of nitrogens with zero attached hydrogens (tertiary/aromatic N) is 2. The molecule has 1 atom stereocenters. The van der Waals surface area contributed by atoms with Crippen molar-refractivity contribution in [3.05, 3.63) is 35.8 Å². The molecule has 0 radical (unpaired) electrons. The van der Waals surface area contributed by atoms with E-state index in [9.17, 15) is 0 Å². The van der Waals surface area contributed by atoms with Crippen molar-refractivity contribution in [3.8, 4) is 0 Å². The lowest BCUT2D eigenvalue weighted by Crippen LogP contribution is -2.27. The first-order chi connectivity index (χ1) is 8.22. The van der Waals surface area contributed by atoms with Gasteiger partial charge < -0.3 is 14.8 Å². The predicted octanol–water partition coefficient (Wildman–Crippen LogP) is 1.50. The maximum Gasteiger partial charge on any atom is 0.137 e. The fourth-order valence-electron chi connectivity index (χ4n) is 1.94. The van der Waals surface area contributed by atoms with Crippen molar-refractivity contribution in [2.75, 3.05) is 6.61 Å². The molecular formula is C13H19N3O. The number of rotatable bonds is 5. The summed E-state index contributed by atoms with van der Waals surface area (Å²) in [5.74, 6) is 0. The van der Waals surface area contributed by atoms with E-state index in [0.29, 0.717) is 6.04 Å². The molecule has 2 aromatic rings. The van der Waals surface area contributed by atoms with E-state index in [1.165, 1.54) is 5.69 Å². The molecule has 0 aliphatic heterocycles.